The fourth-order valence-electron chi connectivity index (χ4n) is 3.86. The van der Waals surface area contributed by atoms with E-state index < -0.39 is 5.60 Å². The minimum absolute atomic E-state index is 0.0229. The Morgan fingerprint density at radius 2 is 1.90 bits per heavy atom. The van der Waals surface area contributed by atoms with Gasteiger partial charge in [-0.25, -0.2) is 0 Å². The molecule has 2 aromatic rings. The highest BCUT2D eigenvalue weighted by molar-refractivity contribution is 5.87. The summed E-state index contributed by atoms with van der Waals surface area (Å²) in [5.41, 5.74) is 3.46. The first-order valence-electron chi connectivity index (χ1n) is 10.3. The molecule has 1 saturated carbocycles. The largest absolute Gasteiger partial charge is 0.361 e. The van der Waals surface area contributed by atoms with Crippen LogP contribution in [-0.2, 0) is 20.7 Å². The van der Waals surface area contributed by atoms with Crippen molar-refractivity contribution in [2.24, 2.45) is 0 Å². The fourth-order valence-corrected chi connectivity index (χ4v) is 3.86. The number of hydrogen-bond acceptors (Lipinski definition) is 3. The number of carbonyl (C=O) groups is 2. The monoisotopic (exact) mass is 392 g/mol. The van der Waals surface area contributed by atoms with Gasteiger partial charge in [0.1, 0.15) is 0 Å². The topological polar surface area (TPSA) is 58.6 Å². The zero-order chi connectivity index (χ0) is 20.4. The van der Waals surface area contributed by atoms with Gasteiger partial charge < -0.3 is 15.0 Å². The summed E-state index contributed by atoms with van der Waals surface area (Å²) in [4.78, 5) is 26.9. The van der Waals surface area contributed by atoms with Gasteiger partial charge in [-0.05, 0) is 36.5 Å². The third-order valence-electron chi connectivity index (χ3n) is 5.76. The molecule has 1 aliphatic heterocycles. The van der Waals surface area contributed by atoms with E-state index in [1.54, 1.807) is 11.8 Å². The number of nitrogens with one attached hydrogen (secondary N) is 1. The predicted molar refractivity (Wildman–Crippen MR) is 112 cm³/mol. The van der Waals surface area contributed by atoms with Crippen LogP contribution in [0.1, 0.15) is 30.9 Å². The highest BCUT2D eigenvalue weighted by Gasteiger charge is 2.46. The molecule has 4 rings (SSSR count). The van der Waals surface area contributed by atoms with Gasteiger partial charge in [-0.3, -0.25) is 9.59 Å². The van der Waals surface area contributed by atoms with E-state index in [1.807, 2.05) is 12.1 Å². The number of amides is 2. The van der Waals surface area contributed by atoms with Crippen LogP contribution in [0.2, 0.25) is 0 Å². The van der Waals surface area contributed by atoms with Gasteiger partial charge in [0.05, 0.1) is 13.2 Å². The second-order valence-corrected chi connectivity index (χ2v) is 8.27. The summed E-state index contributed by atoms with van der Waals surface area (Å²) in [5, 5.41) is 3.09. The van der Waals surface area contributed by atoms with Crippen LogP contribution in [0.15, 0.2) is 48.5 Å². The molecule has 0 unspecified atom stereocenters. The van der Waals surface area contributed by atoms with Gasteiger partial charge in [0, 0.05) is 25.9 Å². The van der Waals surface area contributed by atoms with Gasteiger partial charge >= 0.3 is 0 Å². The summed E-state index contributed by atoms with van der Waals surface area (Å²) in [5.74, 6) is -0.128. The van der Waals surface area contributed by atoms with E-state index in [1.165, 1.54) is 5.56 Å². The van der Waals surface area contributed by atoms with Crippen molar-refractivity contribution in [1.29, 1.82) is 0 Å². The van der Waals surface area contributed by atoms with Crippen molar-refractivity contribution in [2.45, 2.75) is 44.8 Å². The number of benzene rings is 2. The van der Waals surface area contributed by atoms with Crippen LogP contribution in [0, 0.1) is 6.92 Å². The molecular weight excluding hydrogens is 364 g/mol. The zero-order valence-corrected chi connectivity index (χ0v) is 17.1. The molecule has 1 saturated heterocycles. The standard InChI is InChI=1S/C24H28N2O3/c1-17-6-8-20(9-7-17)21-5-3-4-19(14-21)15-24(23(28)25-22-10-11-22)16-26(18(2)27)12-13-29-24/h3-9,14,22H,10-13,15-16H2,1-2H3,(H,25,28)/t24-/m1/s1. The Hall–Kier alpha value is -2.66. The van der Waals surface area contributed by atoms with Gasteiger partial charge in [-0.1, -0.05) is 54.1 Å². The third-order valence-corrected chi connectivity index (χ3v) is 5.76. The molecule has 29 heavy (non-hydrogen) atoms. The van der Waals surface area contributed by atoms with Crippen LogP contribution >= 0.6 is 0 Å². The maximum Gasteiger partial charge on any atom is 0.254 e. The van der Waals surface area contributed by atoms with Crippen LogP contribution in [-0.4, -0.2) is 48.1 Å². The molecule has 1 aliphatic carbocycles. The molecule has 2 amide bonds. The lowest BCUT2D eigenvalue weighted by molar-refractivity contribution is -0.165. The molecule has 2 fully saturated rings. The summed E-state index contributed by atoms with van der Waals surface area (Å²) in [6, 6.07) is 16.9. The maximum absolute atomic E-state index is 13.2. The van der Waals surface area contributed by atoms with Crippen molar-refractivity contribution in [1.82, 2.24) is 10.2 Å². The Morgan fingerprint density at radius 1 is 1.14 bits per heavy atom. The van der Waals surface area contributed by atoms with Crippen LogP contribution < -0.4 is 5.32 Å². The van der Waals surface area contributed by atoms with Crippen LogP contribution in [0.3, 0.4) is 0 Å². The maximum atomic E-state index is 13.2. The molecule has 5 nitrogen and oxygen atoms in total. The number of hydrogen-bond donors (Lipinski definition) is 1. The molecule has 0 spiro atoms. The quantitative estimate of drug-likeness (QED) is 0.851. The van der Waals surface area contributed by atoms with E-state index in [0.717, 1.165) is 29.5 Å². The van der Waals surface area contributed by atoms with Crippen LogP contribution in [0.25, 0.3) is 11.1 Å². The Bertz CT molecular complexity index is 905. The SMILES string of the molecule is CC(=O)N1CCO[C@@](Cc2cccc(-c3ccc(C)cc3)c2)(C(=O)NC2CC2)C1. The molecule has 0 radical (unpaired) electrons. The van der Waals surface area contributed by atoms with E-state index in [0.29, 0.717) is 19.6 Å². The van der Waals surface area contributed by atoms with Gasteiger partial charge in [0.2, 0.25) is 5.91 Å². The number of morpholine rings is 1. The fraction of sp³-hybridized carbons (Fsp3) is 0.417. The van der Waals surface area contributed by atoms with Crippen molar-refractivity contribution >= 4 is 11.8 Å². The zero-order valence-electron chi connectivity index (χ0n) is 17.1. The van der Waals surface area contributed by atoms with Crippen LogP contribution in [0.5, 0.6) is 0 Å². The first kappa shape index (κ1) is 19.6. The third kappa shape index (κ3) is 4.51. The van der Waals surface area contributed by atoms with Crippen molar-refractivity contribution in [2.75, 3.05) is 19.7 Å². The Kier molecular flexibility index (Phi) is 5.41. The minimum Gasteiger partial charge on any atom is -0.361 e. The van der Waals surface area contributed by atoms with Gasteiger partial charge in [-0.15, -0.1) is 0 Å². The second-order valence-electron chi connectivity index (χ2n) is 8.27. The first-order valence-corrected chi connectivity index (χ1v) is 10.3. The van der Waals surface area contributed by atoms with E-state index in [4.69, 9.17) is 4.74 Å². The molecule has 0 bridgehead atoms. The number of carbonyl (C=O) groups excluding carboxylic acids is 2. The molecule has 1 N–H and O–H groups in total. The summed E-state index contributed by atoms with van der Waals surface area (Å²) in [6.45, 7) is 4.80. The number of nitrogens with zero attached hydrogens (tertiary/aromatic N) is 1. The van der Waals surface area contributed by atoms with Crippen molar-refractivity contribution in [3.8, 4) is 11.1 Å². The minimum atomic E-state index is -1.04. The lowest BCUT2D eigenvalue weighted by Gasteiger charge is -2.41. The molecule has 2 aromatic carbocycles. The number of rotatable bonds is 5. The van der Waals surface area contributed by atoms with E-state index >= 15 is 0 Å². The molecule has 152 valence electrons. The van der Waals surface area contributed by atoms with Crippen molar-refractivity contribution in [3.05, 3.63) is 59.7 Å². The second kappa shape index (κ2) is 7.99. The Labute approximate surface area is 172 Å². The normalized spacial score (nSPS) is 21.7. The summed E-state index contributed by atoms with van der Waals surface area (Å²) in [6.07, 6.45) is 2.47. The van der Waals surface area contributed by atoms with Crippen molar-refractivity contribution < 1.29 is 14.3 Å². The number of aryl methyl sites for hydroxylation is 1. The lowest BCUT2D eigenvalue weighted by Crippen LogP contribution is -2.62. The first-order chi connectivity index (χ1) is 13.9. The Morgan fingerprint density at radius 3 is 2.59 bits per heavy atom. The van der Waals surface area contributed by atoms with Crippen LogP contribution in [0.4, 0.5) is 0 Å². The highest BCUT2D eigenvalue weighted by atomic mass is 16.5. The molecule has 2 aliphatic rings. The van der Waals surface area contributed by atoms with Crippen molar-refractivity contribution in [3.63, 3.8) is 0 Å². The molecular formula is C24H28N2O3. The van der Waals surface area contributed by atoms with E-state index in [2.05, 4.69) is 48.6 Å². The van der Waals surface area contributed by atoms with Gasteiger partial charge in [0.25, 0.3) is 5.91 Å². The summed E-state index contributed by atoms with van der Waals surface area (Å²) < 4.78 is 6.10. The van der Waals surface area contributed by atoms with Gasteiger partial charge in [-0.2, -0.15) is 0 Å². The molecule has 1 heterocycles. The number of ether oxygens (including phenoxy) is 1. The lowest BCUT2D eigenvalue weighted by atomic mass is 9.89. The Balaban J connectivity index is 1.62. The summed E-state index contributed by atoms with van der Waals surface area (Å²) >= 11 is 0. The van der Waals surface area contributed by atoms with Gasteiger partial charge in [0.15, 0.2) is 5.60 Å². The molecule has 0 aromatic heterocycles. The average Bonchev–Trinajstić information content (AvgIpc) is 3.53. The smallest absolute Gasteiger partial charge is 0.254 e. The predicted octanol–water partition coefficient (Wildman–Crippen LogP) is 3.10. The van der Waals surface area contributed by atoms with E-state index in [9.17, 15) is 9.59 Å². The molecule has 1 atom stereocenters. The average molecular weight is 392 g/mol. The van der Waals surface area contributed by atoms with E-state index in [-0.39, 0.29) is 24.4 Å². The molecule has 5 heteroatoms. The highest BCUT2D eigenvalue weighted by Crippen LogP contribution is 2.29. The summed E-state index contributed by atoms with van der Waals surface area (Å²) in [7, 11) is 0.